The first kappa shape index (κ1) is 11.9. The van der Waals surface area contributed by atoms with Gasteiger partial charge in [-0.2, -0.15) is 10.3 Å². The van der Waals surface area contributed by atoms with Gasteiger partial charge in [0.15, 0.2) is 3.95 Å². The van der Waals surface area contributed by atoms with Crippen molar-refractivity contribution in [3.05, 3.63) is 46.5 Å². The molecule has 0 amide bonds. The number of fused-ring (bicyclic) bond motifs is 2. The zero-order valence-corrected chi connectivity index (χ0v) is 11.3. The fourth-order valence-electron chi connectivity index (χ4n) is 1.58. The van der Waals surface area contributed by atoms with Crippen LogP contribution < -0.4 is 0 Å². The number of rotatable bonds is 0. The number of aromatic nitrogens is 5. The number of nitrogens with one attached hydrogen (secondary N) is 2. The molecule has 0 bridgehead atoms. The first-order valence-corrected chi connectivity index (χ1v) is 6.75. The highest BCUT2D eigenvalue weighted by molar-refractivity contribution is 7.73. The minimum atomic E-state index is 0.664. The minimum Gasteiger partial charge on any atom is -0.337 e. The van der Waals surface area contributed by atoms with E-state index in [1.807, 2.05) is 30.3 Å². The van der Waals surface area contributed by atoms with Crippen molar-refractivity contribution in [2.45, 2.75) is 0 Å². The van der Waals surface area contributed by atoms with Crippen LogP contribution in [0.15, 0.2) is 42.6 Å². The number of aromatic amines is 2. The molecular weight excluding hydrogens is 278 g/mol. The van der Waals surface area contributed by atoms with Gasteiger partial charge < -0.3 is 4.98 Å². The van der Waals surface area contributed by atoms with E-state index in [9.17, 15) is 0 Å². The number of hydrogen-bond acceptors (Lipinski definition) is 5. The Balaban J connectivity index is 0.000000117. The van der Waals surface area contributed by atoms with Gasteiger partial charge in [0.05, 0.1) is 10.2 Å². The van der Waals surface area contributed by atoms with Gasteiger partial charge in [0.1, 0.15) is 5.52 Å². The molecule has 7 heteroatoms. The average Bonchev–Trinajstić information content (AvgIpc) is 3.03. The van der Waals surface area contributed by atoms with Gasteiger partial charge in [-0.15, -0.1) is 16.4 Å². The van der Waals surface area contributed by atoms with Gasteiger partial charge in [-0.1, -0.05) is 12.1 Å². The maximum absolute atomic E-state index is 4.98. The van der Waals surface area contributed by atoms with Crippen molar-refractivity contribution in [3.63, 3.8) is 0 Å². The molecule has 0 spiro atoms. The van der Waals surface area contributed by atoms with E-state index in [-0.39, 0.29) is 0 Å². The largest absolute Gasteiger partial charge is 0.337 e. The monoisotopic (exact) mass is 287 g/mol. The number of H-pyrrole nitrogens is 2. The highest BCUT2D eigenvalue weighted by Crippen LogP contribution is 2.17. The summed E-state index contributed by atoms with van der Waals surface area (Å²) < 4.78 is 2.08. The average molecular weight is 287 g/mol. The molecule has 4 aromatic rings. The molecule has 5 nitrogen and oxygen atoms in total. The SMILES string of the molecule is S=c1[nH]c2ccccc2s1.c1cnc2n[nH]nc2c1. The fraction of sp³-hybridized carbons (Fsp3) is 0. The predicted molar refractivity (Wildman–Crippen MR) is 78.7 cm³/mol. The number of thiazole rings is 1. The van der Waals surface area contributed by atoms with Crippen LogP contribution in [0.4, 0.5) is 0 Å². The van der Waals surface area contributed by atoms with Gasteiger partial charge in [-0.3, -0.25) is 0 Å². The Morgan fingerprint density at radius 2 is 1.95 bits per heavy atom. The molecule has 0 aliphatic carbocycles. The molecule has 0 saturated carbocycles. The Labute approximate surface area is 117 Å². The molecule has 0 aliphatic heterocycles. The maximum atomic E-state index is 4.98. The van der Waals surface area contributed by atoms with Gasteiger partial charge in [-0.25, -0.2) is 4.98 Å². The zero-order valence-electron chi connectivity index (χ0n) is 9.70. The molecule has 94 valence electrons. The zero-order chi connectivity index (χ0) is 13.1. The third kappa shape index (κ3) is 2.67. The molecule has 2 N–H and O–H groups in total. The van der Waals surface area contributed by atoms with Crippen molar-refractivity contribution < 1.29 is 0 Å². The molecule has 0 saturated heterocycles. The lowest BCUT2D eigenvalue weighted by Crippen LogP contribution is -1.71. The van der Waals surface area contributed by atoms with Gasteiger partial charge in [0.25, 0.3) is 0 Å². The number of nitrogens with zero attached hydrogens (tertiary/aromatic N) is 3. The second-order valence-corrected chi connectivity index (χ2v) is 5.40. The number of benzene rings is 1. The van der Waals surface area contributed by atoms with Crippen LogP contribution in [0, 0.1) is 3.95 Å². The van der Waals surface area contributed by atoms with Crippen molar-refractivity contribution in [3.8, 4) is 0 Å². The topological polar surface area (TPSA) is 70.2 Å². The van der Waals surface area contributed by atoms with Crippen LogP contribution in [0.2, 0.25) is 0 Å². The van der Waals surface area contributed by atoms with Crippen LogP contribution in [-0.4, -0.2) is 25.4 Å². The number of pyridine rings is 1. The molecule has 0 fully saturated rings. The third-order valence-corrected chi connectivity index (χ3v) is 3.63. The maximum Gasteiger partial charge on any atom is 0.201 e. The second-order valence-electron chi connectivity index (χ2n) is 3.68. The minimum absolute atomic E-state index is 0.664. The van der Waals surface area contributed by atoms with Crippen LogP contribution in [0.25, 0.3) is 21.4 Å². The first-order valence-electron chi connectivity index (χ1n) is 5.52. The van der Waals surface area contributed by atoms with E-state index in [4.69, 9.17) is 12.2 Å². The molecule has 0 atom stereocenters. The van der Waals surface area contributed by atoms with Crippen molar-refractivity contribution in [1.29, 1.82) is 0 Å². The van der Waals surface area contributed by atoms with E-state index in [0.717, 1.165) is 15.0 Å². The summed E-state index contributed by atoms with van der Waals surface area (Å²) >= 11 is 6.59. The lowest BCUT2D eigenvalue weighted by molar-refractivity contribution is 0.954. The number of para-hydroxylation sites is 1. The predicted octanol–water partition coefficient (Wildman–Crippen LogP) is 3.31. The fourth-order valence-corrected chi connectivity index (χ4v) is 2.70. The molecule has 0 radical (unpaired) electrons. The van der Waals surface area contributed by atoms with E-state index in [0.29, 0.717) is 5.65 Å². The van der Waals surface area contributed by atoms with Crippen molar-refractivity contribution in [2.24, 2.45) is 0 Å². The summed E-state index contributed by atoms with van der Waals surface area (Å²) in [5.41, 5.74) is 2.60. The standard InChI is InChI=1S/C7H5NS2.C5H4N4/c9-7-8-5-3-1-2-4-6(5)10-7;1-2-4-5(6-3-1)8-9-7-4/h1-4H,(H,8,9);1-3H,(H,6,7,8,9). The Bertz CT molecular complexity index is 794. The summed E-state index contributed by atoms with van der Waals surface area (Å²) in [6.45, 7) is 0. The van der Waals surface area contributed by atoms with Crippen molar-refractivity contribution in [2.75, 3.05) is 0 Å². The van der Waals surface area contributed by atoms with Gasteiger partial charge in [-0.05, 0) is 36.5 Å². The Morgan fingerprint density at radius 3 is 2.79 bits per heavy atom. The summed E-state index contributed by atoms with van der Waals surface area (Å²) in [4.78, 5) is 7.03. The summed E-state index contributed by atoms with van der Waals surface area (Å²) in [7, 11) is 0. The molecule has 4 rings (SSSR count). The van der Waals surface area contributed by atoms with E-state index in [2.05, 4.69) is 31.4 Å². The van der Waals surface area contributed by atoms with Gasteiger partial charge in [0.2, 0.25) is 5.65 Å². The van der Waals surface area contributed by atoms with Crippen LogP contribution in [0.1, 0.15) is 0 Å². The van der Waals surface area contributed by atoms with Crippen LogP contribution in [-0.2, 0) is 0 Å². The lowest BCUT2D eigenvalue weighted by Gasteiger charge is -1.81. The first-order chi connectivity index (χ1) is 9.33. The smallest absolute Gasteiger partial charge is 0.201 e. The number of hydrogen-bond donors (Lipinski definition) is 2. The molecule has 1 aromatic carbocycles. The second kappa shape index (κ2) is 5.25. The molecule has 0 unspecified atom stereocenters. The third-order valence-electron chi connectivity index (χ3n) is 2.42. The Kier molecular flexibility index (Phi) is 3.30. The van der Waals surface area contributed by atoms with Crippen molar-refractivity contribution in [1.82, 2.24) is 25.4 Å². The van der Waals surface area contributed by atoms with Crippen LogP contribution >= 0.6 is 23.6 Å². The Morgan fingerprint density at radius 1 is 1.05 bits per heavy atom. The summed E-state index contributed by atoms with van der Waals surface area (Å²) in [5, 5.41) is 10.1. The molecule has 3 heterocycles. The summed E-state index contributed by atoms with van der Waals surface area (Å²) in [6.07, 6.45) is 1.69. The van der Waals surface area contributed by atoms with E-state index < -0.39 is 0 Å². The molecule has 19 heavy (non-hydrogen) atoms. The molecule has 0 aliphatic rings. The molecular formula is C12H9N5S2. The van der Waals surface area contributed by atoms with E-state index >= 15 is 0 Å². The van der Waals surface area contributed by atoms with Crippen molar-refractivity contribution >= 4 is 44.9 Å². The van der Waals surface area contributed by atoms with Crippen LogP contribution in [0.3, 0.4) is 0 Å². The Hall–Kier alpha value is -2.12. The van der Waals surface area contributed by atoms with Gasteiger partial charge in [0, 0.05) is 6.20 Å². The lowest BCUT2D eigenvalue weighted by atomic mass is 10.3. The van der Waals surface area contributed by atoms with Gasteiger partial charge >= 0.3 is 0 Å². The highest BCUT2D eigenvalue weighted by Gasteiger charge is 1.92. The van der Waals surface area contributed by atoms with E-state index in [1.54, 1.807) is 17.5 Å². The normalized spacial score (nSPS) is 10.3. The van der Waals surface area contributed by atoms with E-state index in [1.165, 1.54) is 4.70 Å². The summed E-state index contributed by atoms with van der Waals surface area (Å²) in [5.74, 6) is 0. The molecule has 3 aromatic heterocycles. The quantitative estimate of drug-likeness (QED) is 0.487. The van der Waals surface area contributed by atoms with Crippen LogP contribution in [0.5, 0.6) is 0 Å². The highest BCUT2D eigenvalue weighted by atomic mass is 32.1. The summed E-state index contributed by atoms with van der Waals surface area (Å²) in [6, 6.07) is 11.8.